The Morgan fingerprint density at radius 2 is 0.881 bits per heavy atom. The lowest BCUT2D eigenvalue weighted by Crippen LogP contribution is -2.12. The Bertz CT molecular complexity index is 3970. The molecule has 0 atom stereocenters. The van der Waals surface area contributed by atoms with Gasteiger partial charge in [0.05, 0.1) is 22.4 Å². The summed E-state index contributed by atoms with van der Waals surface area (Å²) in [6, 6.07) is 92.0. The predicted molar refractivity (Wildman–Crippen MR) is 282 cm³/mol. The van der Waals surface area contributed by atoms with Gasteiger partial charge in [0.15, 0.2) is 0 Å². The number of hydrogen-bond donors (Lipinski definition) is 0. The highest BCUT2D eigenvalue weighted by molar-refractivity contribution is 6.12. The highest BCUT2D eigenvalue weighted by Crippen LogP contribution is 2.48. The first kappa shape index (κ1) is 38.5. The first-order chi connectivity index (χ1) is 33.3. The van der Waals surface area contributed by atoms with E-state index in [1.165, 1.54) is 49.3 Å². The van der Waals surface area contributed by atoms with Gasteiger partial charge in [-0.1, -0.05) is 200 Å². The van der Waals surface area contributed by atoms with Gasteiger partial charge in [-0.05, 0) is 93.2 Å². The zero-order valence-electron chi connectivity index (χ0n) is 36.6. The largest absolute Gasteiger partial charge is 0.455 e. The first-order valence-electron chi connectivity index (χ1n) is 22.9. The molecule has 0 bridgehead atoms. The van der Waals surface area contributed by atoms with E-state index in [2.05, 4.69) is 252 Å². The lowest BCUT2D eigenvalue weighted by atomic mass is 9.90. The fraction of sp³-hybridized carbons (Fsp3) is 0. The van der Waals surface area contributed by atoms with E-state index < -0.39 is 0 Å². The third-order valence-corrected chi connectivity index (χ3v) is 13.4. The Morgan fingerprint density at radius 3 is 1.69 bits per heavy atom. The Morgan fingerprint density at radius 1 is 0.328 bits per heavy atom. The summed E-state index contributed by atoms with van der Waals surface area (Å²) in [4.78, 5) is 2.46. The smallest absolute Gasteiger partial charge is 0.143 e. The highest BCUT2D eigenvalue weighted by Gasteiger charge is 2.23. The number of benzene rings is 11. The standard InChI is InChI=1S/C64H42N2O/c1-3-18-43(19-4-1)50-28-15-20-45-21-16-30-56(63(45)50)53-26-9-13-34-60(53)65(48-39-36-44(37-40-48)51-29-17-31-57-55-27-10-14-35-62(55)67-64(51)57)58-32-11-7-24-49(58)46-38-41-54-52-25-8-12-33-59(52)66(61(54)42-46)47-22-5-2-6-23-47/h1-42H. The second-order valence-electron chi connectivity index (χ2n) is 17.2. The van der Waals surface area contributed by atoms with Crippen LogP contribution < -0.4 is 4.90 Å². The quantitative estimate of drug-likeness (QED) is 0.152. The van der Waals surface area contributed by atoms with Crippen LogP contribution in [0.15, 0.2) is 259 Å². The van der Waals surface area contributed by atoms with Crippen LogP contribution >= 0.6 is 0 Å². The minimum Gasteiger partial charge on any atom is -0.455 e. The Kier molecular flexibility index (Phi) is 9.17. The van der Waals surface area contributed by atoms with Crippen molar-refractivity contribution in [2.75, 3.05) is 4.90 Å². The molecule has 2 heterocycles. The monoisotopic (exact) mass is 854 g/mol. The van der Waals surface area contributed by atoms with E-state index in [1.807, 2.05) is 12.1 Å². The molecule has 0 saturated carbocycles. The van der Waals surface area contributed by atoms with Crippen molar-refractivity contribution < 1.29 is 4.42 Å². The van der Waals surface area contributed by atoms with Gasteiger partial charge in [0.1, 0.15) is 11.2 Å². The maximum Gasteiger partial charge on any atom is 0.143 e. The number of nitrogens with zero attached hydrogens (tertiary/aromatic N) is 2. The Balaban J connectivity index is 1.04. The molecule has 3 heteroatoms. The van der Waals surface area contributed by atoms with Crippen LogP contribution in [0.3, 0.4) is 0 Å². The molecule has 314 valence electrons. The lowest BCUT2D eigenvalue weighted by Gasteiger charge is -2.30. The molecular weight excluding hydrogens is 813 g/mol. The van der Waals surface area contributed by atoms with Crippen molar-refractivity contribution >= 4 is 71.6 Å². The van der Waals surface area contributed by atoms with E-state index in [9.17, 15) is 0 Å². The van der Waals surface area contributed by atoms with E-state index in [4.69, 9.17) is 4.42 Å². The van der Waals surface area contributed by atoms with E-state index in [0.717, 1.165) is 72.5 Å². The van der Waals surface area contributed by atoms with Crippen LogP contribution in [0.5, 0.6) is 0 Å². The van der Waals surface area contributed by atoms with Gasteiger partial charge in [-0.15, -0.1) is 0 Å². The number of hydrogen-bond acceptors (Lipinski definition) is 2. The fourth-order valence-electron chi connectivity index (χ4n) is 10.4. The highest BCUT2D eigenvalue weighted by atomic mass is 16.3. The zero-order valence-corrected chi connectivity index (χ0v) is 36.6. The molecule has 0 N–H and O–H groups in total. The maximum absolute atomic E-state index is 6.53. The zero-order chi connectivity index (χ0) is 44.3. The molecule has 0 fully saturated rings. The molecule has 0 spiro atoms. The van der Waals surface area contributed by atoms with Gasteiger partial charge >= 0.3 is 0 Å². The predicted octanol–water partition coefficient (Wildman–Crippen LogP) is 18.0. The van der Waals surface area contributed by atoms with Crippen LogP contribution in [0, 0.1) is 0 Å². The molecule has 13 aromatic rings. The van der Waals surface area contributed by atoms with Crippen molar-refractivity contribution in [3.63, 3.8) is 0 Å². The summed E-state index contributed by atoms with van der Waals surface area (Å²) in [7, 11) is 0. The maximum atomic E-state index is 6.53. The van der Waals surface area contributed by atoms with Gasteiger partial charge in [0.25, 0.3) is 0 Å². The molecule has 0 amide bonds. The van der Waals surface area contributed by atoms with Crippen LogP contribution in [0.1, 0.15) is 0 Å². The van der Waals surface area contributed by atoms with Gasteiger partial charge < -0.3 is 13.9 Å². The number of fused-ring (bicyclic) bond motifs is 7. The molecule has 0 saturated heterocycles. The summed E-state index contributed by atoms with van der Waals surface area (Å²) in [6.07, 6.45) is 0. The number of furan rings is 1. The summed E-state index contributed by atoms with van der Waals surface area (Å²) in [5, 5.41) is 7.14. The molecule has 2 aromatic heterocycles. The Labute approximate surface area is 388 Å². The van der Waals surface area contributed by atoms with E-state index in [-0.39, 0.29) is 0 Å². The van der Waals surface area contributed by atoms with Crippen molar-refractivity contribution in [2.45, 2.75) is 0 Å². The molecule has 3 nitrogen and oxygen atoms in total. The minimum absolute atomic E-state index is 0.896. The molecule has 13 rings (SSSR count). The van der Waals surface area contributed by atoms with Gasteiger partial charge in [0, 0.05) is 49.6 Å². The minimum atomic E-state index is 0.896. The molecular formula is C64H42N2O. The average Bonchev–Trinajstić information content (AvgIpc) is 3.95. The van der Waals surface area contributed by atoms with Crippen LogP contribution in [-0.2, 0) is 0 Å². The molecule has 11 aromatic carbocycles. The second kappa shape index (κ2) is 16.0. The second-order valence-corrected chi connectivity index (χ2v) is 17.2. The normalized spacial score (nSPS) is 11.6. The third-order valence-electron chi connectivity index (χ3n) is 13.4. The summed E-state index contributed by atoms with van der Waals surface area (Å²) < 4.78 is 8.93. The molecule has 0 aliphatic rings. The van der Waals surface area contributed by atoms with Gasteiger partial charge in [0.2, 0.25) is 0 Å². The van der Waals surface area contributed by atoms with Crippen LogP contribution in [0.2, 0.25) is 0 Å². The molecule has 67 heavy (non-hydrogen) atoms. The van der Waals surface area contributed by atoms with Crippen molar-refractivity contribution in [3.8, 4) is 50.2 Å². The Hall–Kier alpha value is -8.92. The summed E-state index contributed by atoms with van der Waals surface area (Å²) >= 11 is 0. The van der Waals surface area contributed by atoms with Crippen LogP contribution in [-0.4, -0.2) is 4.57 Å². The first-order valence-corrected chi connectivity index (χ1v) is 22.9. The fourth-order valence-corrected chi connectivity index (χ4v) is 10.4. The average molecular weight is 855 g/mol. The van der Waals surface area contributed by atoms with Crippen molar-refractivity contribution in [3.05, 3.63) is 255 Å². The van der Waals surface area contributed by atoms with Crippen LogP contribution in [0.4, 0.5) is 17.1 Å². The van der Waals surface area contributed by atoms with Crippen molar-refractivity contribution in [2.24, 2.45) is 0 Å². The molecule has 0 aliphatic carbocycles. The number of aromatic nitrogens is 1. The van der Waals surface area contributed by atoms with E-state index in [1.54, 1.807) is 0 Å². The van der Waals surface area contributed by atoms with Gasteiger partial charge in [-0.2, -0.15) is 0 Å². The lowest BCUT2D eigenvalue weighted by molar-refractivity contribution is 0.670. The third kappa shape index (κ3) is 6.43. The van der Waals surface area contributed by atoms with Crippen molar-refractivity contribution in [1.82, 2.24) is 4.57 Å². The van der Waals surface area contributed by atoms with E-state index in [0.29, 0.717) is 0 Å². The summed E-state index contributed by atoms with van der Waals surface area (Å²) in [5.74, 6) is 0. The number of anilines is 3. The topological polar surface area (TPSA) is 21.3 Å². The van der Waals surface area contributed by atoms with Crippen LogP contribution in [0.25, 0.3) is 105 Å². The summed E-state index contributed by atoms with van der Waals surface area (Å²) in [6.45, 7) is 0. The SMILES string of the molecule is c1ccc(-c2cccc3cccc(-c4ccccc4N(c4ccc(-c5cccc6c5oc5ccccc56)cc4)c4ccccc4-c4ccc5c6ccccc6n(-c6ccccc6)c5c4)c23)cc1. The molecule has 0 radical (unpaired) electrons. The van der Waals surface area contributed by atoms with E-state index >= 15 is 0 Å². The van der Waals surface area contributed by atoms with Gasteiger partial charge in [-0.3, -0.25) is 0 Å². The number of rotatable bonds is 8. The number of para-hydroxylation sites is 6. The summed E-state index contributed by atoms with van der Waals surface area (Å²) in [5.41, 5.74) is 17.6. The molecule has 0 aliphatic heterocycles. The molecule has 0 unspecified atom stereocenters. The van der Waals surface area contributed by atoms with Crippen molar-refractivity contribution in [1.29, 1.82) is 0 Å². The van der Waals surface area contributed by atoms with Gasteiger partial charge in [-0.25, -0.2) is 0 Å².